The molecule has 7 heteroatoms. The molecule has 0 spiro atoms. The van der Waals surface area contributed by atoms with Crippen molar-refractivity contribution in [1.29, 1.82) is 0 Å². The minimum Gasteiger partial charge on any atom is -0.497 e. The fourth-order valence-electron chi connectivity index (χ4n) is 3.35. The molecule has 0 radical (unpaired) electrons. The molecule has 28 heavy (non-hydrogen) atoms. The van der Waals surface area contributed by atoms with Gasteiger partial charge in [-0.05, 0) is 49.2 Å². The third kappa shape index (κ3) is 4.47. The van der Waals surface area contributed by atoms with Crippen LogP contribution < -0.4 is 9.47 Å². The summed E-state index contributed by atoms with van der Waals surface area (Å²) in [6.07, 6.45) is 1.04. The van der Waals surface area contributed by atoms with Gasteiger partial charge in [-0.3, -0.25) is 9.59 Å². The van der Waals surface area contributed by atoms with Gasteiger partial charge in [0.25, 0.3) is 5.91 Å². The summed E-state index contributed by atoms with van der Waals surface area (Å²) in [5.41, 5.74) is 0.712. The van der Waals surface area contributed by atoms with Crippen LogP contribution in [0.2, 0.25) is 0 Å². The lowest BCUT2D eigenvalue weighted by molar-refractivity contribution is -0.0503. The summed E-state index contributed by atoms with van der Waals surface area (Å²) >= 11 is 0. The monoisotopic (exact) mass is 389 g/mol. The molecule has 1 saturated heterocycles. The molecule has 5 nitrogen and oxygen atoms in total. The fourth-order valence-corrected chi connectivity index (χ4v) is 3.35. The molecule has 1 heterocycles. The second kappa shape index (κ2) is 8.82. The van der Waals surface area contributed by atoms with Crippen molar-refractivity contribution in [3.8, 4) is 11.5 Å². The van der Waals surface area contributed by atoms with Crippen LogP contribution in [0.1, 0.15) is 33.6 Å². The Bertz CT molecular complexity index is 831. The molecule has 0 aliphatic carbocycles. The lowest BCUT2D eigenvalue weighted by Crippen LogP contribution is -2.40. The van der Waals surface area contributed by atoms with Gasteiger partial charge in [0.1, 0.15) is 11.5 Å². The number of hydrogen-bond donors (Lipinski definition) is 0. The standard InChI is InChI=1S/C21H21F2NO4/c1-27-16-8-6-14(7-9-16)19(25)15-10-12-24(13-11-15)20(26)17-4-2-3-5-18(17)28-21(22)23/h2-9,15,21H,10-13H2,1H3. The zero-order chi connectivity index (χ0) is 20.1. The normalized spacial score (nSPS) is 14.8. The van der Waals surface area contributed by atoms with Crippen molar-refractivity contribution in [1.82, 2.24) is 4.90 Å². The Balaban J connectivity index is 1.63. The molecular formula is C21H21F2NO4. The number of alkyl halides is 2. The molecular weight excluding hydrogens is 368 g/mol. The van der Waals surface area contributed by atoms with E-state index in [0.29, 0.717) is 37.2 Å². The molecule has 0 saturated carbocycles. The first-order chi connectivity index (χ1) is 13.5. The summed E-state index contributed by atoms with van der Waals surface area (Å²) in [6, 6.07) is 12.9. The van der Waals surface area contributed by atoms with E-state index in [1.807, 2.05) is 0 Å². The van der Waals surface area contributed by atoms with Gasteiger partial charge in [-0.2, -0.15) is 8.78 Å². The molecule has 1 fully saturated rings. The summed E-state index contributed by atoms with van der Waals surface area (Å²) < 4.78 is 34.7. The van der Waals surface area contributed by atoms with Crippen molar-refractivity contribution in [2.75, 3.05) is 20.2 Å². The molecule has 1 aliphatic rings. The smallest absolute Gasteiger partial charge is 0.387 e. The number of methoxy groups -OCH3 is 1. The Morgan fingerprint density at radius 2 is 1.68 bits per heavy atom. The minimum absolute atomic E-state index is 0.0381. The number of piperidine rings is 1. The van der Waals surface area contributed by atoms with Crippen LogP contribution in [0.25, 0.3) is 0 Å². The van der Waals surface area contributed by atoms with Crippen molar-refractivity contribution in [3.63, 3.8) is 0 Å². The van der Waals surface area contributed by atoms with E-state index in [4.69, 9.17) is 4.74 Å². The first-order valence-corrected chi connectivity index (χ1v) is 9.01. The Morgan fingerprint density at radius 1 is 1.04 bits per heavy atom. The maximum atomic E-state index is 12.7. The molecule has 0 aromatic heterocycles. The van der Waals surface area contributed by atoms with Gasteiger partial charge in [0.15, 0.2) is 5.78 Å². The van der Waals surface area contributed by atoms with E-state index >= 15 is 0 Å². The molecule has 0 unspecified atom stereocenters. The van der Waals surface area contributed by atoms with E-state index in [-0.39, 0.29) is 28.9 Å². The number of carbonyl (C=O) groups is 2. The number of halogens is 2. The van der Waals surface area contributed by atoms with Gasteiger partial charge in [0.05, 0.1) is 12.7 Å². The van der Waals surface area contributed by atoms with Crippen molar-refractivity contribution in [2.45, 2.75) is 19.5 Å². The zero-order valence-corrected chi connectivity index (χ0v) is 15.4. The summed E-state index contributed by atoms with van der Waals surface area (Å²) in [5.74, 6) is 0.0355. The molecule has 148 valence electrons. The molecule has 1 amide bonds. The Morgan fingerprint density at radius 3 is 2.29 bits per heavy atom. The molecule has 2 aromatic carbocycles. The Labute approximate surface area is 161 Å². The van der Waals surface area contributed by atoms with Gasteiger partial charge in [-0.25, -0.2) is 0 Å². The van der Waals surface area contributed by atoms with Crippen molar-refractivity contribution in [3.05, 3.63) is 59.7 Å². The number of ether oxygens (including phenoxy) is 2. The molecule has 0 atom stereocenters. The number of benzene rings is 2. The average Bonchev–Trinajstić information content (AvgIpc) is 2.73. The highest BCUT2D eigenvalue weighted by molar-refractivity contribution is 5.99. The number of carbonyl (C=O) groups excluding carboxylic acids is 2. The highest BCUT2D eigenvalue weighted by Crippen LogP contribution is 2.27. The quantitative estimate of drug-likeness (QED) is 0.700. The first kappa shape index (κ1) is 19.8. The topological polar surface area (TPSA) is 55.8 Å². The molecule has 0 N–H and O–H groups in total. The van der Waals surface area contributed by atoms with Crippen molar-refractivity contribution in [2.24, 2.45) is 5.92 Å². The van der Waals surface area contributed by atoms with E-state index < -0.39 is 6.61 Å². The van der Waals surface area contributed by atoms with E-state index in [9.17, 15) is 18.4 Å². The van der Waals surface area contributed by atoms with Gasteiger partial charge in [0.2, 0.25) is 0 Å². The second-order valence-electron chi connectivity index (χ2n) is 6.53. The Kier molecular flexibility index (Phi) is 6.23. The highest BCUT2D eigenvalue weighted by atomic mass is 19.3. The number of Topliss-reactive ketones (excluding diaryl/α,β-unsaturated/α-hetero) is 1. The van der Waals surface area contributed by atoms with E-state index in [1.54, 1.807) is 42.3 Å². The van der Waals surface area contributed by atoms with E-state index in [1.165, 1.54) is 18.2 Å². The SMILES string of the molecule is COc1ccc(C(=O)C2CCN(C(=O)c3ccccc3OC(F)F)CC2)cc1. The molecule has 1 aliphatic heterocycles. The number of para-hydroxylation sites is 1. The number of rotatable bonds is 6. The summed E-state index contributed by atoms with van der Waals surface area (Å²) in [4.78, 5) is 27.0. The lowest BCUT2D eigenvalue weighted by Gasteiger charge is -2.31. The van der Waals surface area contributed by atoms with Crippen molar-refractivity contribution < 1.29 is 27.8 Å². The third-order valence-corrected chi connectivity index (χ3v) is 4.86. The van der Waals surface area contributed by atoms with Crippen LogP contribution in [0, 0.1) is 5.92 Å². The molecule has 0 bridgehead atoms. The highest BCUT2D eigenvalue weighted by Gasteiger charge is 2.29. The zero-order valence-electron chi connectivity index (χ0n) is 15.4. The van der Waals surface area contributed by atoms with Gasteiger partial charge < -0.3 is 14.4 Å². The summed E-state index contributed by atoms with van der Waals surface area (Å²) in [7, 11) is 1.56. The number of ketones is 1. The van der Waals surface area contributed by atoms with Crippen molar-refractivity contribution >= 4 is 11.7 Å². The van der Waals surface area contributed by atoms with Gasteiger partial charge in [-0.1, -0.05) is 12.1 Å². The largest absolute Gasteiger partial charge is 0.497 e. The number of amides is 1. The minimum atomic E-state index is -3.00. The summed E-state index contributed by atoms with van der Waals surface area (Å²) in [6.45, 7) is -2.23. The number of hydrogen-bond acceptors (Lipinski definition) is 4. The van der Waals surface area contributed by atoms with Gasteiger partial charge >= 0.3 is 6.61 Å². The van der Waals surface area contributed by atoms with Crippen LogP contribution in [-0.4, -0.2) is 43.4 Å². The maximum Gasteiger partial charge on any atom is 0.387 e. The fraction of sp³-hybridized carbons (Fsp3) is 0.333. The summed E-state index contributed by atoms with van der Waals surface area (Å²) in [5, 5.41) is 0. The maximum absolute atomic E-state index is 12.7. The van der Waals surface area contributed by atoms with Crippen LogP contribution in [0.4, 0.5) is 8.78 Å². The molecule has 3 rings (SSSR count). The van der Waals surface area contributed by atoms with Crippen LogP contribution in [0.3, 0.4) is 0 Å². The van der Waals surface area contributed by atoms with Crippen LogP contribution in [0.15, 0.2) is 48.5 Å². The predicted octanol–water partition coefficient (Wildman–Crippen LogP) is 4.03. The predicted molar refractivity (Wildman–Crippen MR) is 99.0 cm³/mol. The average molecular weight is 389 g/mol. The Hall–Kier alpha value is -2.96. The number of nitrogens with zero attached hydrogens (tertiary/aromatic N) is 1. The van der Waals surface area contributed by atoms with Crippen LogP contribution >= 0.6 is 0 Å². The first-order valence-electron chi connectivity index (χ1n) is 9.01. The third-order valence-electron chi connectivity index (χ3n) is 4.86. The molecule has 2 aromatic rings. The van der Waals surface area contributed by atoms with E-state index in [0.717, 1.165) is 0 Å². The van der Waals surface area contributed by atoms with Gasteiger partial charge in [0, 0.05) is 24.6 Å². The number of likely N-dealkylation sites (tertiary alicyclic amines) is 1. The lowest BCUT2D eigenvalue weighted by atomic mass is 9.88. The van der Waals surface area contributed by atoms with Gasteiger partial charge in [-0.15, -0.1) is 0 Å². The van der Waals surface area contributed by atoms with Crippen LogP contribution in [-0.2, 0) is 0 Å². The van der Waals surface area contributed by atoms with E-state index in [2.05, 4.69) is 4.74 Å². The second-order valence-corrected chi connectivity index (χ2v) is 6.53. The van der Waals surface area contributed by atoms with Crippen LogP contribution in [0.5, 0.6) is 11.5 Å².